The first-order chi connectivity index (χ1) is 12.0. The topological polar surface area (TPSA) is 97.7 Å². The van der Waals surface area contributed by atoms with Gasteiger partial charge in [0.05, 0.1) is 26.9 Å². The maximum atomic E-state index is 12.5. The Morgan fingerprint density at radius 3 is 2.72 bits per heavy atom. The number of aryl methyl sites for hydroxylation is 1. The van der Waals surface area contributed by atoms with Gasteiger partial charge in [-0.05, 0) is 19.1 Å². The second-order valence-corrected chi connectivity index (χ2v) is 5.71. The lowest BCUT2D eigenvalue weighted by Crippen LogP contribution is -2.22. The average molecular weight is 335 g/mol. The number of hydrogen-bond acceptors (Lipinski definition) is 4. The summed E-state index contributed by atoms with van der Waals surface area (Å²) >= 11 is 0. The lowest BCUT2D eigenvalue weighted by atomic mass is 10.0. The predicted molar refractivity (Wildman–Crippen MR) is 90.7 cm³/mol. The number of carbonyl (C=O) groups is 1. The summed E-state index contributed by atoms with van der Waals surface area (Å²) in [6.45, 7) is 2.31. The van der Waals surface area contributed by atoms with Gasteiger partial charge >= 0.3 is 0 Å². The molecule has 25 heavy (non-hydrogen) atoms. The van der Waals surface area contributed by atoms with Crippen molar-refractivity contribution in [2.75, 3.05) is 0 Å². The number of fused-ring (bicyclic) bond motifs is 2. The summed E-state index contributed by atoms with van der Waals surface area (Å²) in [5.41, 5.74) is 1.09. The van der Waals surface area contributed by atoms with Crippen LogP contribution in [-0.4, -0.2) is 20.5 Å². The molecule has 124 valence electrons. The molecule has 1 aliphatic rings. The molecule has 0 spiro atoms. The summed E-state index contributed by atoms with van der Waals surface area (Å²) in [5.74, 6) is -0.550. The number of carbonyl (C=O) groups excluding carboxylic acids is 1. The van der Waals surface area contributed by atoms with Gasteiger partial charge in [0.2, 0.25) is 0 Å². The molecule has 4 rings (SSSR count). The van der Waals surface area contributed by atoms with Crippen molar-refractivity contribution >= 4 is 28.1 Å². The van der Waals surface area contributed by atoms with Crippen LogP contribution < -0.4 is 10.6 Å². The molecule has 1 amide bonds. The van der Waals surface area contributed by atoms with Crippen LogP contribution in [0.1, 0.15) is 12.5 Å². The molecule has 7 heteroatoms. The summed E-state index contributed by atoms with van der Waals surface area (Å²) in [6.07, 6.45) is 0. The van der Waals surface area contributed by atoms with Gasteiger partial charge in [0.1, 0.15) is 0 Å². The molecule has 0 radical (unpaired) electrons. The Labute approximate surface area is 141 Å². The summed E-state index contributed by atoms with van der Waals surface area (Å²) in [6, 6.07) is 11.4. The first-order valence-electron chi connectivity index (χ1n) is 7.75. The number of amides is 1. The molecule has 0 unspecified atom stereocenters. The van der Waals surface area contributed by atoms with Gasteiger partial charge < -0.3 is 9.67 Å². The normalized spacial score (nSPS) is 13.2. The minimum Gasteiger partial charge on any atom is -0.494 e. The molecular weight excluding hydrogens is 322 g/mol. The molecule has 1 N–H and O–H groups in total. The Balaban J connectivity index is 2.18. The van der Waals surface area contributed by atoms with Crippen molar-refractivity contribution in [2.45, 2.75) is 13.5 Å². The van der Waals surface area contributed by atoms with Crippen molar-refractivity contribution in [3.63, 3.8) is 0 Å². The SMILES string of the molecule is CCn1c(O)c(C2=c3ccccc3=NC2=O)c2cc([N+](=O)[O-])ccc21. The number of rotatable bonds is 3. The van der Waals surface area contributed by atoms with Gasteiger partial charge in [0.25, 0.3) is 11.6 Å². The lowest BCUT2D eigenvalue weighted by molar-refractivity contribution is -0.384. The van der Waals surface area contributed by atoms with Crippen LogP contribution in [0, 0.1) is 10.1 Å². The number of para-hydroxylation sites is 1. The first-order valence-corrected chi connectivity index (χ1v) is 7.75. The highest BCUT2D eigenvalue weighted by atomic mass is 16.6. The fourth-order valence-corrected chi connectivity index (χ4v) is 3.31. The second-order valence-electron chi connectivity index (χ2n) is 5.71. The van der Waals surface area contributed by atoms with Gasteiger partial charge in [-0.2, -0.15) is 0 Å². The van der Waals surface area contributed by atoms with E-state index in [1.165, 1.54) is 12.1 Å². The molecule has 2 aromatic carbocycles. The molecule has 3 aromatic rings. The highest BCUT2D eigenvalue weighted by Crippen LogP contribution is 2.38. The van der Waals surface area contributed by atoms with E-state index in [9.17, 15) is 20.0 Å². The maximum absolute atomic E-state index is 12.5. The van der Waals surface area contributed by atoms with Crippen molar-refractivity contribution in [3.05, 3.63) is 68.7 Å². The monoisotopic (exact) mass is 335 g/mol. The summed E-state index contributed by atoms with van der Waals surface area (Å²) in [7, 11) is 0. The van der Waals surface area contributed by atoms with E-state index in [-0.39, 0.29) is 17.1 Å². The molecule has 1 aliphatic heterocycles. The molecule has 7 nitrogen and oxygen atoms in total. The summed E-state index contributed by atoms with van der Waals surface area (Å²) in [4.78, 5) is 27.2. The minimum atomic E-state index is -0.497. The highest BCUT2D eigenvalue weighted by molar-refractivity contribution is 6.25. The third kappa shape index (κ3) is 2.06. The number of aromatic nitrogens is 1. The molecule has 0 fully saturated rings. The third-order valence-electron chi connectivity index (χ3n) is 4.41. The fraction of sp³-hybridized carbons (Fsp3) is 0.111. The van der Waals surface area contributed by atoms with Gasteiger partial charge in [-0.25, -0.2) is 4.99 Å². The predicted octanol–water partition coefficient (Wildman–Crippen LogP) is 1.63. The van der Waals surface area contributed by atoms with Gasteiger partial charge in [-0.15, -0.1) is 0 Å². The smallest absolute Gasteiger partial charge is 0.279 e. The number of hydrogen-bond donors (Lipinski definition) is 1. The first kappa shape index (κ1) is 15.1. The molecule has 0 aliphatic carbocycles. The van der Waals surface area contributed by atoms with E-state index in [2.05, 4.69) is 4.99 Å². The van der Waals surface area contributed by atoms with E-state index in [1.807, 2.05) is 6.92 Å². The van der Waals surface area contributed by atoms with E-state index >= 15 is 0 Å². The van der Waals surface area contributed by atoms with Crippen LogP contribution in [0.15, 0.2) is 47.5 Å². The van der Waals surface area contributed by atoms with Crippen LogP contribution in [-0.2, 0) is 11.3 Å². The zero-order valence-electron chi connectivity index (χ0n) is 13.3. The van der Waals surface area contributed by atoms with Crippen LogP contribution in [0.2, 0.25) is 0 Å². The number of benzene rings is 2. The standard InChI is InChI=1S/C18H13N3O4/c1-2-20-14-8-7-10(21(24)25)9-12(14)16(18(20)23)15-11-5-3-4-6-13(11)19-17(15)22/h3-9,23H,2H2,1H3. The van der Waals surface area contributed by atoms with Gasteiger partial charge in [0.15, 0.2) is 5.88 Å². The van der Waals surface area contributed by atoms with E-state index in [4.69, 9.17) is 0 Å². The zero-order chi connectivity index (χ0) is 17.7. The number of non-ortho nitro benzene ring substituents is 1. The zero-order valence-corrected chi connectivity index (χ0v) is 13.3. The number of nitro benzene ring substituents is 1. The molecule has 0 saturated carbocycles. The van der Waals surface area contributed by atoms with Crippen molar-refractivity contribution in [2.24, 2.45) is 4.99 Å². The van der Waals surface area contributed by atoms with Crippen molar-refractivity contribution in [1.82, 2.24) is 4.57 Å². The van der Waals surface area contributed by atoms with Crippen LogP contribution in [0.5, 0.6) is 5.88 Å². The van der Waals surface area contributed by atoms with Crippen LogP contribution in [0.25, 0.3) is 16.5 Å². The fourth-order valence-electron chi connectivity index (χ4n) is 3.31. The quantitative estimate of drug-likeness (QED) is 0.581. The summed E-state index contributed by atoms with van der Waals surface area (Å²) < 4.78 is 1.62. The third-order valence-corrected chi connectivity index (χ3v) is 4.41. The van der Waals surface area contributed by atoms with E-state index < -0.39 is 10.8 Å². The Kier molecular flexibility index (Phi) is 3.18. The van der Waals surface area contributed by atoms with Gasteiger partial charge in [-0.1, -0.05) is 18.2 Å². The van der Waals surface area contributed by atoms with Crippen LogP contribution in [0.4, 0.5) is 5.69 Å². The van der Waals surface area contributed by atoms with Gasteiger partial charge in [-0.3, -0.25) is 14.9 Å². The Morgan fingerprint density at radius 2 is 2.00 bits per heavy atom. The van der Waals surface area contributed by atoms with Crippen LogP contribution >= 0.6 is 0 Å². The van der Waals surface area contributed by atoms with E-state index in [0.717, 1.165) is 0 Å². The highest BCUT2D eigenvalue weighted by Gasteiger charge is 2.27. The molecule has 0 atom stereocenters. The van der Waals surface area contributed by atoms with Crippen molar-refractivity contribution in [1.29, 1.82) is 0 Å². The Bertz CT molecular complexity index is 1190. The van der Waals surface area contributed by atoms with Crippen molar-refractivity contribution in [3.8, 4) is 5.88 Å². The maximum Gasteiger partial charge on any atom is 0.279 e. The molecule has 0 saturated heterocycles. The van der Waals surface area contributed by atoms with Crippen LogP contribution in [0.3, 0.4) is 0 Å². The molecule has 1 aromatic heterocycles. The lowest BCUT2D eigenvalue weighted by Gasteiger charge is -2.03. The molecule has 2 heterocycles. The van der Waals surface area contributed by atoms with Crippen molar-refractivity contribution < 1.29 is 14.8 Å². The number of aromatic hydroxyl groups is 1. The largest absolute Gasteiger partial charge is 0.494 e. The summed E-state index contributed by atoms with van der Waals surface area (Å²) in [5, 5.41) is 23.5. The number of nitrogens with zero attached hydrogens (tertiary/aromatic N) is 3. The Morgan fingerprint density at radius 1 is 1.24 bits per heavy atom. The molecular formula is C18H13N3O4. The molecule has 0 bridgehead atoms. The Hall–Kier alpha value is -3.48. The van der Waals surface area contributed by atoms with Gasteiger partial charge in [0, 0.05) is 29.3 Å². The average Bonchev–Trinajstić information content (AvgIpc) is 3.06. The number of nitro groups is 1. The van der Waals surface area contributed by atoms with E-state index in [0.29, 0.717) is 33.6 Å². The second kappa shape index (κ2) is 5.27. The van der Waals surface area contributed by atoms with E-state index in [1.54, 1.807) is 34.9 Å². The minimum absolute atomic E-state index is 0.0896.